The van der Waals surface area contributed by atoms with E-state index in [1.807, 2.05) is 32.9 Å². The van der Waals surface area contributed by atoms with Gasteiger partial charge in [0, 0.05) is 12.7 Å². The summed E-state index contributed by atoms with van der Waals surface area (Å²) >= 11 is 0. The lowest BCUT2D eigenvalue weighted by Gasteiger charge is -2.09. The van der Waals surface area contributed by atoms with E-state index >= 15 is 0 Å². The minimum Gasteiger partial charge on any atom is -0.429 e. The molecule has 0 aromatic carbocycles. The molecule has 4 nitrogen and oxygen atoms in total. The van der Waals surface area contributed by atoms with Gasteiger partial charge in [0.1, 0.15) is 0 Å². The van der Waals surface area contributed by atoms with E-state index < -0.39 is 12.4 Å². The SMILES string of the molecule is COC1C=C(CC/C=C(\C)C(O)CC=C(C)C)C(=O)O1. The van der Waals surface area contributed by atoms with Crippen LogP contribution in [0.15, 0.2) is 34.9 Å². The van der Waals surface area contributed by atoms with Crippen LogP contribution in [0.25, 0.3) is 0 Å². The van der Waals surface area contributed by atoms with Crippen molar-refractivity contribution in [1.29, 1.82) is 0 Å². The van der Waals surface area contributed by atoms with E-state index in [1.165, 1.54) is 12.7 Å². The van der Waals surface area contributed by atoms with Crippen LogP contribution in [0.1, 0.15) is 40.0 Å². The van der Waals surface area contributed by atoms with Crippen LogP contribution in [0.2, 0.25) is 0 Å². The van der Waals surface area contributed by atoms with Crippen LogP contribution in [0, 0.1) is 0 Å². The molecule has 0 aromatic rings. The Morgan fingerprint density at radius 3 is 2.70 bits per heavy atom. The predicted molar refractivity (Wildman–Crippen MR) is 78.0 cm³/mol. The Hall–Kier alpha value is -1.39. The van der Waals surface area contributed by atoms with E-state index in [0.717, 1.165) is 5.57 Å². The van der Waals surface area contributed by atoms with Crippen LogP contribution in [0.4, 0.5) is 0 Å². The molecular formula is C16H24O4. The number of hydrogen-bond donors (Lipinski definition) is 1. The molecule has 0 spiro atoms. The summed E-state index contributed by atoms with van der Waals surface area (Å²) in [6.45, 7) is 5.93. The number of methoxy groups -OCH3 is 1. The number of esters is 1. The molecule has 20 heavy (non-hydrogen) atoms. The largest absolute Gasteiger partial charge is 0.429 e. The predicted octanol–water partition coefficient (Wildman–Crippen LogP) is 2.89. The Morgan fingerprint density at radius 2 is 2.15 bits per heavy atom. The van der Waals surface area contributed by atoms with E-state index in [1.54, 1.807) is 6.08 Å². The van der Waals surface area contributed by atoms with Gasteiger partial charge >= 0.3 is 5.97 Å². The second kappa shape index (κ2) is 8.02. The molecule has 0 radical (unpaired) electrons. The van der Waals surface area contributed by atoms with E-state index in [-0.39, 0.29) is 5.97 Å². The summed E-state index contributed by atoms with van der Waals surface area (Å²) in [5, 5.41) is 9.95. The monoisotopic (exact) mass is 280 g/mol. The fraction of sp³-hybridized carbons (Fsp3) is 0.562. The third kappa shape index (κ3) is 5.31. The minimum atomic E-state index is -0.550. The van der Waals surface area contributed by atoms with Crippen molar-refractivity contribution >= 4 is 5.97 Å². The molecule has 0 aromatic heterocycles. The lowest BCUT2D eigenvalue weighted by Crippen LogP contribution is -2.09. The van der Waals surface area contributed by atoms with Crippen molar-refractivity contribution in [3.63, 3.8) is 0 Å². The Balaban J connectivity index is 2.44. The molecule has 1 rings (SSSR count). The second-order valence-corrected chi connectivity index (χ2v) is 5.22. The number of aliphatic hydroxyl groups is 1. The summed E-state index contributed by atoms with van der Waals surface area (Å²) in [6.07, 6.45) is 6.61. The Kier molecular flexibility index (Phi) is 6.68. The van der Waals surface area contributed by atoms with Crippen molar-refractivity contribution in [2.45, 2.75) is 52.4 Å². The van der Waals surface area contributed by atoms with E-state index in [9.17, 15) is 9.90 Å². The molecule has 2 unspecified atom stereocenters. The average molecular weight is 280 g/mol. The Labute approximate surface area is 120 Å². The van der Waals surface area contributed by atoms with Gasteiger partial charge in [0.15, 0.2) is 0 Å². The first kappa shape index (κ1) is 16.7. The zero-order chi connectivity index (χ0) is 15.1. The standard InChI is InChI=1S/C16H24O4/c1-11(2)8-9-14(17)12(3)6-5-7-13-10-15(19-4)20-16(13)18/h6,8,10,14-15,17H,5,7,9H2,1-4H3/b12-6+. The van der Waals surface area contributed by atoms with Crippen molar-refractivity contribution < 1.29 is 19.4 Å². The number of carbonyl (C=O) groups excluding carboxylic acids is 1. The molecule has 0 saturated heterocycles. The van der Waals surface area contributed by atoms with Crippen molar-refractivity contribution in [3.8, 4) is 0 Å². The van der Waals surface area contributed by atoms with E-state index in [0.29, 0.717) is 24.8 Å². The van der Waals surface area contributed by atoms with Gasteiger partial charge in [0.2, 0.25) is 6.29 Å². The van der Waals surface area contributed by atoms with Crippen LogP contribution in [0.3, 0.4) is 0 Å². The highest BCUT2D eigenvalue weighted by Crippen LogP contribution is 2.19. The third-order valence-electron chi connectivity index (χ3n) is 3.21. The molecule has 0 amide bonds. The molecule has 1 N–H and O–H groups in total. The number of aliphatic hydroxyl groups excluding tert-OH is 1. The summed E-state index contributed by atoms with van der Waals surface area (Å²) in [6, 6.07) is 0. The van der Waals surface area contributed by atoms with E-state index in [2.05, 4.69) is 0 Å². The van der Waals surface area contributed by atoms with Gasteiger partial charge in [-0.1, -0.05) is 17.7 Å². The van der Waals surface area contributed by atoms with Gasteiger partial charge in [-0.15, -0.1) is 0 Å². The van der Waals surface area contributed by atoms with Gasteiger partial charge in [-0.3, -0.25) is 0 Å². The fourth-order valence-corrected chi connectivity index (χ4v) is 1.87. The number of rotatable bonds is 7. The topological polar surface area (TPSA) is 55.8 Å². The van der Waals surface area contributed by atoms with Gasteiger partial charge < -0.3 is 14.6 Å². The van der Waals surface area contributed by atoms with Crippen molar-refractivity contribution in [1.82, 2.24) is 0 Å². The smallest absolute Gasteiger partial charge is 0.336 e. The minimum absolute atomic E-state index is 0.312. The van der Waals surface area contributed by atoms with Crippen LogP contribution in [0.5, 0.6) is 0 Å². The normalized spacial score (nSPS) is 20.4. The summed E-state index contributed by atoms with van der Waals surface area (Å²) < 4.78 is 9.91. The molecule has 112 valence electrons. The highest BCUT2D eigenvalue weighted by molar-refractivity contribution is 5.90. The second-order valence-electron chi connectivity index (χ2n) is 5.22. The highest BCUT2D eigenvalue weighted by Gasteiger charge is 2.24. The highest BCUT2D eigenvalue weighted by atomic mass is 16.7. The molecule has 1 aliphatic rings. The summed E-state index contributed by atoms with van der Waals surface area (Å²) in [5.41, 5.74) is 2.76. The van der Waals surface area contributed by atoms with Crippen LogP contribution >= 0.6 is 0 Å². The molecule has 0 bridgehead atoms. The molecule has 0 saturated carbocycles. The van der Waals surface area contributed by atoms with Gasteiger partial charge in [0.05, 0.1) is 6.10 Å². The van der Waals surface area contributed by atoms with Crippen LogP contribution < -0.4 is 0 Å². The van der Waals surface area contributed by atoms with Gasteiger partial charge in [-0.2, -0.15) is 0 Å². The Morgan fingerprint density at radius 1 is 1.45 bits per heavy atom. The molecule has 0 fully saturated rings. The molecule has 2 atom stereocenters. The third-order valence-corrected chi connectivity index (χ3v) is 3.21. The quantitative estimate of drug-likeness (QED) is 0.575. The number of ether oxygens (including phenoxy) is 2. The lowest BCUT2D eigenvalue weighted by molar-refractivity contribution is -0.155. The first-order valence-electron chi connectivity index (χ1n) is 6.86. The van der Waals surface area contributed by atoms with Crippen molar-refractivity contribution in [2.75, 3.05) is 7.11 Å². The summed E-state index contributed by atoms with van der Waals surface area (Å²) in [7, 11) is 1.50. The van der Waals surface area contributed by atoms with Gasteiger partial charge in [0.25, 0.3) is 0 Å². The van der Waals surface area contributed by atoms with Crippen LogP contribution in [-0.2, 0) is 14.3 Å². The maximum absolute atomic E-state index is 11.5. The average Bonchev–Trinajstić information content (AvgIpc) is 2.76. The van der Waals surface area contributed by atoms with Crippen LogP contribution in [-0.4, -0.2) is 30.6 Å². The molecule has 4 heteroatoms. The zero-order valence-electron chi connectivity index (χ0n) is 12.7. The number of cyclic esters (lactones) is 1. The summed E-state index contributed by atoms with van der Waals surface area (Å²) in [4.78, 5) is 11.5. The fourth-order valence-electron chi connectivity index (χ4n) is 1.87. The first-order chi connectivity index (χ1) is 9.43. The number of allylic oxidation sites excluding steroid dienone is 2. The lowest BCUT2D eigenvalue weighted by atomic mass is 10.0. The number of carbonyl (C=O) groups is 1. The Bertz CT molecular complexity index is 428. The molecule has 1 heterocycles. The maximum atomic E-state index is 11.5. The summed E-state index contributed by atoms with van der Waals surface area (Å²) in [5.74, 6) is -0.312. The first-order valence-corrected chi connectivity index (χ1v) is 6.86. The zero-order valence-corrected chi connectivity index (χ0v) is 12.7. The van der Waals surface area contributed by atoms with Gasteiger partial charge in [-0.05, 0) is 51.7 Å². The van der Waals surface area contributed by atoms with Crippen molar-refractivity contribution in [2.24, 2.45) is 0 Å². The number of hydrogen-bond acceptors (Lipinski definition) is 4. The van der Waals surface area contributed by atoms with E-state index in [4.69, 9.17) is 9.47 Å². The maximum Gasteiger partial charge on any atom is 0.336 e. The molecule has 1 aliphatic heterocycles. The molecule has 0 aliphatic carbocycles. The van der Waals surface area contributed by atoms with Gasteiger partial charge in [-0.25, -0.2) is 4.79 Å². The molecular weight excluding hydrogens is 256 g/mol. The van der Waals surface area contributed by atoms with Crippen molar-refractivity contribution in [3.05, 3.63) is 34.9 Å².